The number of aliphatic hydroxyl groups excluding tert-OH is 1. The van der Waals surface area contributed by atoms with Gasteiger partial charge in [-0.3, -0.25) is 0 Å². The molecule has 0 atom stereocenters. The van der Waals surface area contributed by atoms with Crippen molar-refractivity contribution in [2.75, 3.05) is 0 Å². The van der Waals surface area contributed by atoms with E-state index in [4.69, 9.17) is 10.8 Å². The first-order valence-electron chi connectivity index (χ1n) is 2.82. The van der Waals surface area contributed by atoms with Gasteiger partial charge in [0.15, 0.2) is 0 Å². The number of hydrogen-bond acceptors (Lipinski definition) is 2. The number of allylic oxidation sites excluding steroid dienone is 1. The molecule has 0 heterocycles. The third kappa shape index (κ3) is 3.58. The van der Waals surface area contributed by atoms with Gasteiger partial charge in [-0.05, 0) is 12.8 Å². The molecule has 0 bridgehead atoms. The molecule has 51 valence electrons. The van der Waals surface area contributed by atoms with Gasteiger partial charge in [0.25, 0.3) is 0 Å². The van der Waals surface area contributed by atoms with E-state index in [9.17, 15) is 5.11 Å². The number of rotatable bonds is 3. The maximum atomic E-state index is 10.0. The first-order chi connectivity index (χ1) is 4.18. The van der Waals surface area contributed by atoms with Crippen molar-refractivity contribution in [1.82, 2.24) is 0 Å². The second kappa shape index (κ2) is 3.95. The van der Waals surface area contributed by atoms with Crippen molar-refractivity contribution in [3.05, 3.63) is 18.6 Å². The molecule has 0 aliphatic carbocycles. The summed E-state index contributed by atoms with van der Waals surface area (Å²) < 4.78 is 0. The Hall–Kier alpha value is -0.990. The topological polar surface area (TPSA) is 66.2 Å². The van der Waals surface area contributed by atoms with Crippen LogP contribution in [0.2, 0.25) is 0 Å². The second-order valence-electron chi connectivity index (χ2n) is 1.79. The van der Waals surface area contributed by atoms with E-state index in [0.29, 0.717) is 6.42 Å². The van der Waals surface area contributed by atoms with Gasteiger partial charge >= 0.3 is 5.95 Å². The van der Waals surface area contributed by atoms with E-state index in [1.54, 1.807) is 0 Å². The summed E-state index contributed by atoms with van der Waals surface area (Å²) >= 11 is 0. The van der Waals surface area contributed by atoms with Crippen molar-refractivity contribution in [2.24, 2.45) is 5.73 Å². The fraction of sp³-hybridized carbons (Fsp3) is 0.500. The predicted molar refractivity (Wildman–Crippen MR) is 33.7 cm³/mol. The number of hydrogen-bond donors (Lipinski definition) is 2. The zero-order valence-corrected chi connectivity index (χ0v) is 5.26. The fourth-order valence-electron chi connectivity index (χ4n) is 0.422. The van der Waals surface area contributed by atoms with E-state index in [1.165, 1.54) is 0 Å². The van der Waals surface area contributed by atoms with Crippen LogP contribution in [0.25, 0.3) is 0 Å². The highest BCUT2D eigenvalue weighted by molar-refractivity contribution is 4.94. The molecule has 0 aliphatic heterocycles. The molecule has 0 amide bonds. The van der Waals surface area contributed by atoms with Crippen molar-refractivity contribution < 1.29 is 10.2 Å². The summed E-state index contributed by atoms with van der Waals surface area (Å²) in [6.07, 6.45) is 1.92. The average molecular weight is 129 g/mol. The van der Waals surface area contributed by atoms with Gasteiger partial charge in [0.1, 0.15) is 0 Å². The lowest BCUT2D eigenvalue weighted by atomic mass is 10.2. The standard InChI is InChI=1S/C6H10NO2/c1-2-3-4-5(7)6(8)9/h1-4,7H2/p+1. The van der Waals surface area contributed by atoms with Gasteiger partial charge in [-0.15, -0.1) is 0 Å². The highest BCUT2D eigenvalue weighted by Crippen LogP contribution is 2.02. The van der Waals surface area contributed by atoms with E-state index < -0.39 is 5.95 Å². The van der Waals surface area contributed by atoms with E-state index in [0.717, 1.165) is 12.8 Å². The molecule has 0 saturated heterocycles. The van der Waals surface area contributed by atoms with Gasteiger partial charge in [0.2, 0.25) is 0 Å². The summed E-state index contributed by atoms with van der Waals surface area (Å²) in [5.41, 5.74) is 5.12. The molecule has 0 spiro atoms. The Balaban J connectivity index is 3.50. The molecule has 0 fully saturated rings. The summed E-state index contributed by atoms with van der Waals surface area (Å²) in [7, 11) is 0. The highest BCUT2D eigenvalue weighted by atomic mass is 16.5. The predicted octanol–water partition coefficient (Wildman–Crippen LogP) is 1.11. The van der Waals surface area contributed by atoms with Crippen LogP contribution in [0, 0.1) is 6.92 Å². The minimum absolute atomic E-state index is 0.0265. The maximum Gasteiger partial charge on any atom is 0.347 e. The fourth-order valence-corrected chi connectivity index (χ4v) is 0.422. The van der Waals surface area contributed by atoms with E-state index in [2.05, 4.69) is 6.92 Å². The Kier molecular flexibility index (Phi) is 3.51. The Morgan fingerprint density at radius 1 is 1.67 bits per heavy atom. The molecule has 3 nitrogen and oxygen atoms in total. The van der Waals surface area contributed by atoms with E-state index in [1.807, 2.05) is 0 Å². The van der Waals surface area contributed by atoms with Gasteiger partial charge in [0, 0.05) is 0 Å². The summed E-state index contributed by atoms with van der Waals surface area (Å²) in [6.45, 7) is 3.56. The molecule has 9 heavy (non-hydrogen) atoms. The third-order valence-corrected chi connectivity index (χ3v) is 0.971. The van der Waals surface area contributed by atoms with Crippen LogP contribution in [0.3, 0.4) is 0 Å². The molecule has 0 aromatic carbocycles. The quantitative estimate of drug-likeness (QED) is 0.442. The van der Waals surface area contributed by atoms with E-state index >= 15 is 0 Å². The molecule has 0 unspecified atom stereocenters. The van der Waals surface area contributed by atoms with Crippen LogP contribution in [-0.2, 0) is 5.11 Å². The summed E-state index contributed by atoms with van der Waals surface area (Å²) in [6, 6.07) is 0. The van der Waals surface area contributed by atoms with Crippen LogP contribution in [-0.4, -0.2) is 5.11 Å². The molecule has 3 N–H and O–H groups in total. The summed E-state index contributed by atoms with van der Waals surface area (Å²) in [5.74, 6) is -1.01. The third-order valence-electron chi connectivity index (χ3n) is 0.971. The highest BCUT2D eigenvalue weighted by Gasteiger charge is 1.99. The van der Waals surface area contributed by atoms with Crippen molar-refractivity contribution in [3.63, 3.8) is 0 Å². The van der Waals surface area contributed by atoms with Gasteiger partial charge in [-0.25, -0.2) is 5.11 Å². The largest absolute Gasteiger partial charge is 0.477 e. The molecule has 3 heteroatoms. The second-order valence-corrected chi connectivity index (χ2v) is 1.79. The van der Waals surface area contributed by atoms with Gasteiger partial charge in [0.05, 0.1) is 19.0 Å². The molecule has 0 rings (SSSR count). The monoisotopic (exact) mass is 129 g/mol. The SMILES string of the molecule is [CH2+]CCCC(N)=C([O])O. The van der Waals surface area contributed by atoms with Crippen LogP contribution >= 0.6 is 0 Å². The molecule has 0 aromatic rings. The number of unbranched alkanes of at least 4 members (excludes halogenated alkanes) is 1. The zero-order chi connectivity index (χ0) is 7.28. The number of nitrogens with two attached hydrogens (primary N) is 1. The Morgan fingerprint density at radius 2 is 2.22 bits per heavy atom. The summed E-state index contributed by atoms with van der Waals surface area (Å²) in [4.78, 5) is 0. The smallest absolute Gasteiger partial charge is 0.347 e. The molecule has 0 aliphatic rings. The first kappa shape index (κ1) is 8.01. The van der Waals surface area contributed by atoms with Crippen molar-refractivity contribution in [1.29, 1.82) is 0 Å². The lowest BCUT2D eigenvalue weighted by molar-refractivity contribution is 0.121. The first-order valence-corrected chi connectivity index (χ1v) is 2.82. The van der Waals surface area contributed by atoms with Crippen LogP contribution in [0.1, 0.15) is 19.3 Å². The Labute approximate surface area is 54.8 Å². The maximum absolute atomic E-state index is 10.0. The molecule has 0 aromatic heterocycles. The minimum Gasteiger partial charge on any atom is -0.477 e. The Bertz CT molecular complexity index is 106. The van der Waals surface area contributed by atoms with Crippen molar-refractivity contribution in [2.45, 2.75) is 19.3 Å². The minimum atomic E-state index is -1.01. The average Bonchev–Trinajstić information content (AvgIpc) is 1.82. The van der Waals surface area contributed by atoms with Crippen LogP contribution in [0.15, 0.2) is 11.6 Å². The molecule has 1 radical (unpaired) electrons. The summed E-state index contributed by atoms with van der Waals surface area (Å²) in [5, 5.41) is 18.2. The van der Waals surface area contributed by atoms with Gasteiger partial charge < -0.3 is 10.8 Å². The van der Waals surface area contributed by atoms with Gasteiger partial charge in [-0.1, -0.05) is 0 Å². The van der Waals surface area contributed by atoms with Crippen molar-refractivity contribution >= 4 is 0 Å². The normalized spacial score (nSPS) is 12.9. The Morgan fingerprint density at radius 3 is 2.56 bits per heavy atom. The molecular weight excluding hydrogens is 118 g/mol. The van der Waals surface area contributed by atoms with Crippen molar-refractivity contribution in [3.8, 4) is 0 Å². The van der Waals surface area contributed by atoms with E-state index in [-0.39, 0.29) is 5.70 Å². The lowest BCUT2D eigenvalue weighted by Crippen LogP contribution is -2.00. The molecular formula is C6H11NO2+. The molecule has 0 saturated carbocycles. The van der Waals surface area contributed by atoms with Crippen LogP contribution in [0.4, 0.5) is 0 Å². The lowest BCUT2D eigenvalue weighted by Gasteiger charge is -1.93. The van der Waals surface area contributed by atoms with Crippen LogP contribution in [0.5, 0.6) is 0 Å². The zero-order valence-electron chi connectivity index (χ0n) is 5.26. The van der Waals surface area contributed by atoms with Gasteiger partial charge in [-0.2, -0.15) is 0 Å². The van der Waals surface area contributed by atoms with Crippen LogP contribution < -0.4 is 5.73 Å². The number of aliphatic hydroxyl groups is 1.